The van der Waals surface area contributed by atoms with Gasteiger partial charge in [-0.25, -0.2) is 0 Å². The Morgan fingerprint density at radius 3 is 1.21 bits per heavy atom. The molecule has 8 fully saturated rings. The molecule has 0 saturated carbocycles. The highest BCUT2D eigenvalue weighted by Crippen LogP contribution is 2.39. The van der Waals surface area contributed by atoms with Gasteiger partial charge in [0.2, 0.25) is 0 Å². The molecule has 4 unspecified atom stereocenters. The van der Waals surface area contributed by atoms with Gasteiger partial charge in [-0.15, -0.1) is 0 Å². The number of pyridine rings is 4. The van der Waals surface area contributed by atoms with Gasteiger partial charge in [0, 0.05) is 239 Å². The van der Waals surface area contributed by atoms with E-state index in [2.05, 4.69) is 139 Å². The predicted molar refractivity (Wildman–Crippen MR) is 514 cm³/mol. The summed E-state index contributed by atoms with van der Waals surface area (Å²) in [4.78, 5) is 68.7. The number of ether oxygens (including phenoxy) is 5. The monoisotopic (exact) mass is 1830 g/mol. The Bertz CT molecular complexity index is 4860. The molecule has 0 bridgehead atoms. The average Bonchev–Trinajstić information content (AvgIpc) is 1.79. The maximum Gasteiger partial charge on any atom is 0.145 e. The number of aromatic nitrogens is 4. The van der Waals surface area contributed by atoms with Gasteiger partial charge < -0.3 is 66.2 Å². The van der Waals surface area contributed by atoms with Gasteiger partial charge >= 0.3 is 0 Å². The van der Waals surface area contributed by atoms with Crippen molar-refractivity contribution in [3.8, 4) is 44.5 Å². The van der Waals surface area contributed by atoms with Crippen molar-refractivity contribution in [3.05, 3.63) is 188 Å². The van der Waals surface area contributed by atoms with E-state index in [0.29, 0.717) is 100 Å². The summed E-state index contributed by atoms with van der Waals surface area (Å²) in [6.45, 7) is 24.3. The molecule has 8 aliphatic rings. The number of Topliss-reactive ketones (excluding diaryl/α,β-unsaturated/α-hetero) is 4. The maximum absolute atomic E-state index is 12.9. The van der Waals surface area contributed by atoms with E-state index in [-0.39, 0.29) is 58.8 Å². The van der Waals surface area contributed by atoms with Crippen LogP contribution < -0.4 is 42.5 Å². The molecular weight excluding hydrogens is 1700 g/mol. The van der Waals surface area contributed by atoms with Gasteiger partial charge in [-0.3, -0.25) is 39.1 Å². The lowest BCUT2D eigenvalue weighted by molar-refractivity contribution is -0.124. The number of halogens is 5. The molecule has 8 saturated heterocycles. The quantitative estimate of drug-likeness (QED) is 0.0227. The third-order valence-electron chi connectivity index (χ3n) is 25.6. The van der Waals surface area contributed by atoms with Gasteiger partial charge in [0.25, 0.3) is 0 Å². The van der Waals surface area contributed by atoms with Crippen LogP contribution in [0.3, 0.4) is 0 Å². The largest absolute Gasteiger partial charge is 0.385 e. The molecule has 16 rings (SSSR count). The summed E-state index contributed by atoms with van der Waals surface area (Å²) >= 11 is 32.6. The summed E-state index contributed by atoms with van der Waals surface area (Å²) in [5.41, 5.74) is 14.7. The Hall–Kier alpha value is -7.55. The van der Waals surface area contributed by atoms with Crippen LogP contribution in [0, 0.1) is 47.3 Å². The van der Waals surface area contributed by atoms with E-state index in [1.807, 2.05) is 66.7 Å². The van der Waals surface area contributed by atoms with E-state index in [1.54, 1.807) is 24.8 Å². The zero-order chi connectivity index (χ0) is 88.9. The molecule has 26 heteroatoms. The Kier molecular flexibility index (Phi) is 37.9. The number of rotatable bonds is 28. The van der Waals surface area contributed by atoms with E-state index in [0.717, 1.165) is 291 Å². The van der Waals surface area contributed by atoms with Crippen LogP contribution in [0.5, 0.6) is 0 Å². The highest BCUT2D eigenvalue weighted by molar-refractivity contribution is 6.37. The van der Waals surface area contributed by atoms with E-state index in [1.165, 1.54) is 0 Å². The van der Waals surface area contributed by atoms with Crippen LogP contribution in [0.4, 0.5) is 22.7 Å². The topological polar surface area (TPSA) is 262 Å². The fourth-order valence-corrected chi connectivity index (χ4v) is 19.4. The Morgan fingerprint density at radius 1 is 0.378 bits per heavy atom. The lowest BCUT2D eigenvalue weighted by Gasteiger charge is -2.35. The number of carbonyl (C=O) groups is 4. The van der Waals surface area contributed by atoms with Crippen LogP contribution in [-0.4, -0.2) is 186 Å². The molecule has 0 amide bonds. The summed E-state index contributed by atoms with van der Waals surface area (Å²) in [6, 6.07) is 38.6. The first kappa shape index (κ1) is 97.0. The van der Waals surface area contributed by atoms with Crippen LogP contribution in [0.25, 0.3) is 44.5 Å². The van der Waals surface area contributed by atoms with Crippen LogP contribution >= 0.6 is 58.0 Å². The second kappa shape index (κ2) is 49.6. The number of carbonyl (C=O) groups excluding carboxylic acids is 4. The first-order valence-corrected chi connectivity index (χ1v) is 48.2. The molecular formula is C101H129Cl5N12O9. The number of nitrogens with one attached hydrogen (secondary N) is 8. The van der Waals surface area contributed by atoms with Crippen molar-refractivity contribution < 1.29 is 42.9 Å². The number of hydrogen-bond donors (Lipinski definition) is 8. The number of hydrogen-bond acceptors (Lipinski definition) is 21. The van der Waals surface area contributed by atoms with Gasteiger partial charge in [-0.05, 0) is 250 Å². The predicted octanol–water partition coefficient (Wildman–Crippen LogP) is 19.2. The van der Waals surface area contributed by atoms with Crippen molar-refractivity contribution in [2.75, 3.05) is 146 Å². The summed E-state index contributed by atoms with van der Waals surface area (Å²) < 4.78 is 28.1. The zero-order valence-electron chi connectivity index (χ0n) is 74.3. The van der Waals surface area contributed by atoms with Crippen molar-refractivity contribution in [1.29, 1.82) is 0 Å². The van der Waals surface area contributed by atoms with Crippen molar-refractivity contribution in [2.45, 2.75) is 167 Å². The van der Waals surface area contributed by atoms with E-state index >= 15 is 0 Å². The van der Waals surface area contributed by atoms with E-state index < -0.39 is 0 Å². The highest BCUT2D eigenvalue weighted by atomic mass is 35.5. The normalized spacial score (nSPS) is 22.3. The first-order valence-electron chi connectivity index (χ1n) is 46.3. The third-order valence-corrected chi connectivity index (χ3v) is 27.1. The summed E-state index contributed by atoms with van der Waals surface area (Å²) in [6.07, 6.45) is 24.5. The minimum Gasteiger partial charge on any atom is -0.385 e. The van der Waals surface area contributed by atoms with Gasteiger partial charge in [-0.1, -0.05) is 107 Å². The molecule has 8 aromatic rings. The van der Waals surface area contributed by atoms with Crippen LogP contribution in [-0.2, 0) is 68.5 Å². The molecule has 0 radical (unpaired) electrons. The highest BCUT2D eigenvalue weighted by Gasteiger charge is 2.32. The number of anilines is 4. The lowest BCUT2D eigenvalue weighted by Crippen LogP contribution is -2.36. The molecule has 0 spiro atoms. The molecule has 682 valence electrons. The molecule has 4 aromatic carbocycles. The number of ketones is 4. The minimum atomic E-state index is -0.142. The summed E-state index contributed by atoms with van der Waals surface area (Å²) in [5, 5.41) is 30.5. The molecule has 12 heterocycles. The Labute approximate surface area is 776 Å². The fraction of sp³-hybridized carbons (Fsp3) is 0.525. The first-order chi connectivity index (χ1) is 61.7. The standard InChI is InChI=1S/C26H34ClN3O3.C25H31Cl2N3O2.2C25H32ClN3O2/c1-17-8-19(9-18(2)33-17)13-29-22-5-3-4-20(10-22)24-11-23(30-15-25(24)27)12-26(31)21-14-28-6-7-32-16-21;26-23-5-4-19(29-14-17-6-9-32-10-7-17)11-21(23)22-12-20(30-16-24(22)27)13-25(31)18-3-1-2-8-28-15-18;1-25(2)13-17(7-9-31-25)14-28-20-5-3-4-18(10-20)22-11-21(29-16-23(22)26)12-24(30)19-6-8-27-15-19;26-24-17-29-22(14-25(30)20-4-1-2-9-27-16-20)13-23(24)19-5-3-6-21(12-19)28-15-18-7-10-31-11-8-18/h3-5,10-11,15,17-19,21,28-29H,6-9,12-14,16H2,1-2H3;4-5,11-12,16-18,28-29H,1-3,6-10,13-15H2;3-5,10-11,16-17,19,27-28H,6-9,12-15H2,1-2H3;3,5-6,12-13,17-18,20,27-28H,1-2,4,7-11,14-16H2/t17-,18+,19?,21-;;17?,19-;/m0.1./s1. The summed E-state index contributed by atoms with van der Waals surface area (Å²) in [7, 11) is 0. The van der Waals surface area contributed by atoms with Crippen LogP contribution in [0.15, 0.2) is 140 Å². The maximum atomic E-state index is 12.9. The fourth-order valence-electron chi connectivity index (χ4n) is 18.3. The third kappa shape index (κ3) is 30.5. The summed E-state index contributed by atoms with van der Waals surface area (Å²) in [5.74, 6) is 3.44. The van der Waals surface area contributed by atoms with Gasteiger partial charge in [0.15, 0.2) is 0 Å². The van der Waals surface area contributed by atoms with Gasteiger partial charge in [-0.2, -0.15) is 0 Å². The van der Waals surface area contributed by atoms with Crippen molar-refractivity contribution in [2.24, 2.45) is 47.3 Å². The minimum absolute atomic E-state index is 0.0423. The smallest absolute Gasteiger partial charge is 0.145 e. The number of benzene rings is 4. The molecule has 4 aromatic heterocycles. The Balaban J connectivity index is 0.000000145. The van der Waals surface area contributed by atoms with Crippen LogP contribution in [0.1, 0.15) is 147 Å². The second-order valence-corrected chi connectivity index (χ2v) is 38.3. The molecule has 0 aliphatic carbocycles. The SMILES string of the molecule is CC1(C)CC(CNc2cccc(-c3cc(CC(=O)[C@@H]4CCNC4)ncc3Cl)c2)CCO1.C[C@@H]1CC(CNc2cccc(-c3cc(CC(=O)[C@H]4CNCCOC4)ncc3Cl)c2)C[C@H](C)O1.O=C(Cc1cc(-c2cc(NCC3CCOCC3)ccc2Cl)c(Cl)cn1)C1CCCCNC1.O=C(Cc1cc(-c2cccc(NCC3CCOCC3)c2)c(Cl)cn1)C1CCCCNC1. The molecule has 8 N–H and O–H groups in total. The molecule has 21 nitrogen and oxygen atoms in total. The van der Waals surface area contributed by atoms with Crippen molar-refractivity contribution >= 4 is 104 Å². The zero-order valence-corrected chi connectivity index (χ0v) is 78.1. The van der Waals surface area contributed by atoms with Crippen molar-refractivity contribution in [1.82, 2.24) is 41.2 Å². The molecule has 8 atom stereocenters. The molecule has 127 heavy (non-hydrogen) atoms. The van der Waals surface area contributed by atoms with Gasteiger partial charge in [0.1, 0.15) is 23.1 Å². The van der Waals surface area contributed by atoms with E-state index in [9.17, 15) is 19.2 Å². The second-order valence-electron chi connectivity index (χ2n) is 36.3. The molecule has 8 aliphatic heterocycles. The average molecular weight is 1830 g/mol. The Morgan fingerprint density at radius 2 is 0.756 bits per heavy atom. The van der Waals surface area contributed by atoms with Crippen molar-refractivity contribution in [3.63, 3.8) is 0 Å². The lowest BCUT2D eigenvalue weighted by atomic mass is 9.88. The van der Waals surface area contributed by atoms with Crippen LogP contribution in [0.2, 0.25) is 25.1 Å². The van der Waals surface area contributed by atoms with E-state index in [4.69, 9.17) is 81.7 Å². The number of nitrogens with zero attached hydrogens (tertiary/aromatic N) is 4. The van der Waals surface area contributed by atoms with Gasteiger partial charge in [0.05, 0.1) is 57.0 Å².